The zero-order valence-electron chi connectivity index (χ0n) is 19.0. The first-order chi connectivity index (χ1) is 16.4. The molecule has 1 saturated carbocycles. The Morgan fingerprint density at radius 3 is 2.79 bits per heavy atom. The highest BCUT2D eigenvalue weighted by atomic mass is 32.2. The molecule has 0 aliphatic heterocycles. The van der Waals surface area contributed by atoms with Crippen molar-refractivity contribution in [1.82, 2.24) is 9.55 Å². The first-order valence-electron chi connectivity index (χ1n) is 11.7. The second-order valence-electron chi connectivity index (χ2n) is 8.96. The van der Waals surface area contributed by atoms with Crippen molar-refractivity contribution in [2.45, 2.75) is 69.5 Å². The molecular weight excluding hydrogens is 472 g/mol. The minimum atomic E-state index is -0.498. The smallest absolute Gasteiger partial charge is 0.293 e. The lowest BCUT2D eigenvalue weighted by atomic mass is 9.97. The molecule has 0 saturated heterocycles. The van der Waals surface area contributed by atoms with E-state index in [2.05, 4.69) is 5.32 Å². The lowest BCUT2D eigenvalue weighted by molar-refractivity contribution is -0.384. The number of fused-ring (bicyclic) bond motifs is 3. The average Bonchev–Trinajstić information content (AvgIpc) is 3.46. The summed E-state index contributed by atoms with van der Waals surface area (Å²) < 4.78 is 1.82. The van der Waals surface area contributed by atoms with Gasteiger partial charge >= 0.3 is 0 Å². The molecule has 10 heteroatoms. The fraction of sp³-hybridized carbons (Fsp3) is 0.458. The number of nitrogens with one attached hydrogen (secondary N) is 1. The number of benzene rings is 1. The minimum absolute atomic E-state index is 0.0151. The van der Waals surface area contributed by atoms with Crippen LogP contribution in [0, 0.1) is 17.0 Å². The van der Waals surface area contributed by atoms with Gasteiger partial charge in [-0.05, 0) is 56.6 Å². The molecule has 5 rings (SSSR count). The number of anilines is 1. The molecule has 178 valence electrons. The lowest BCUT2D eigenvalue weighted by Crippen LogP contribution is -2.27. The van der Waals surface area contributed by atoms with Crippen LogP contribution in [0.15, 0.2) is 28.2 Å². The van der Waals surface area contributed by atoms with Crippen molar-refractivity contribution < 1.29 is 9.72 Å². The number of nitro benzene ring substituents is 1. The highest BCUT2D eigenvalue weighted by Crippen LogP contribution is 2.37. The molecule has 0 radical (unpaired) electrons. The lowest BCUT2D eigenvalue weighted by Gasteiger charge is -2.18. The molecule has 1 N–H and O–H groups in total. The highest BCUT2D eigenvalue weighted by molar-refractivity contribution is 7.99. The van der Waals surface area contributed by atoms with Crippen molar-refractivity contribution >= 4 is 50.6 Å². The van der Waals surface area contributed by atoms with E-state index in [0.717, 1.165) is 61.6 Å². The summed E-state index contributed by atoms with van der Waals surface area (Å²) in [6, 6.07) is 4.80. The van der Waals surface area contributed by atoms with Crippen molar-refractivity contribution in [3.8, 4) is 0 Å². The Kier molecular flexibility index (Phi) is 6.44. The third-order valence-electron chi connectivity index (χ3n) is 6.72. The molecule has 2 heterocycles. The van der Waals surface area contributed by atoms with Crippen LogP contribution in [-0.2, 0) is 17.6 Å². The molecule has 1 amide bonds. The summed E-state index contributed by atoms with van der Waals surface area (Å²) in [6.07, 6.45) is 8.22. The van der Waals surface area contributed by atoms with Crippen LogP contribution in [0.1, 0.15) is 60.6 Å². The molecule has 2 aromatic heterocycles. The number of nitro groups is 1. The summed E-state index contributed by atoms with van der Waals surface area (Å²) in [5.41, 5.74) is 1.90. The van der Waals surface area contributed by atoms with Crippen LogP contribution in [0.5, 0.6) is 0 Å². The number of nitrogens with zero attached hydrogens (tertiary/aromatic N) is 3. The van der Waals surface area contributed by atoms with Gasteiger partial charge in [-0.3, -0.25) is 24.3 Å². The first kappa shape index (κ1) is 23.0. The molecule has 0 unspecified atom stereocenters. The van der Waals surface area contributed by atoms with Crippen LogP contribution in [0.25, 0.3) is 10.2 Å². The molecule has 2 aliphatic rings. The summed E-state index contributed by atoms with van der Waals surface area (Å²) in [5.74, 6) is -0.346. The Morgan fingerprint density at radius 1 is 1.26 bits per heavy atom. The Balaban J connectivity index is 1.46. The number of carbonyl (C=O) groups is 1. The first-order valence-corrected chi connectivity index (χ1v) is 13.5. The molecule has 0 bridgehead atoms. The third kappa shape index (κ3) is 4.24. The Hall–Kier alpha value is -2.72. The van der Waals surface area contributed by atoms with Gasteiger partial charge in [-0.25, -0.2) is 4.98 Å². The maximum atomic E-state index is 13.7. The molecule has 1 fully saturated rings. The number of hydrogen-bond donors (Lipinski definition) is 1. The number of aryl methyl sites for hydroxylation is 3. The van der Waals surface area contributed by atoms with Crippen molar-refractivity contribution in [3.05, 3.63) is 54.7 Å². The maximum Gasteiger partial charge on any atom is 0.293 e. The van der Waals surface area contributed by atoms with E-state index in [9.17, 15) is 19.7 Å². The summed E-state index contributed by atoms with van der Waals surface area (Å²) >= 11 is 2.84. The number of hydrogen-bond acceptors (Lipinski definition) is 7. The molecule has 34 heavy (non-hydrogen) atoms. The molecule has 0 spiro atoms. The fourth-order valence-electron chi connectivity index (χ4n) is 5.06. The van der Waals surface area contributed by atoms with Gasteiger partial charge in [0.1, 0.15) is 10.5 Å². The predicted molar refractivity (Wildman–Crippen MR) is 135 cm³/mol. The van der Waals surface area contributed by atoms with E-state index in [1.165, 1.54) is 28.3 Å². The van der Waals surface area contributed by atoms with Crippen molar-refractivity contribution in [3.63, 3.8) is 0 Å². The number of para-hydroxylation sites is 1. The standard InChI is InChI=1S/C24H26N4O4S2/c1-14-7-6-11-17(28(31)32)21(14)25-19(29)13-33-24-26-22-20(16-10-4-5-12-18(16)34-22)23(30)27(24)15-8-2-3-9-15/h6-7,11,15H,2-5,8-10,12-13H2,1H3,(H,25,29). The number of amides is 1. The Bertz CT molecular complexity index is 1340. The van der Waals surface area contributed by atoms with Gasteiger partial charge in [-0.15, -0.1) is 11.3 Å². The minimum Gasteiger partial charge on any atom is -0.319 e. The number of thioether (sulfide) groups is 1. The van der Waals surface area contributed by atoms with E-state index in [1.807, 2.05) is 4.57 Å². The van der Waals surface area contributed by atoms with Crippen molar-refractivity contribution in [1.29, 1.82) is 0 Å². The van der Waals surface area contributed by atoms with Crippen LogP contribution in [0.2, 0.25) is 0 Å². The van der Waals surface area contributed by atoms with Crippen molar-refractivity contribution in [2.24, 2.45) is 0 Å². The summed E-state index contributed by atoms with van der Waals surface area (Å²) in [5, 5.41) is 15.4. The maximum absolute atomic E-state index is 13.7. The Morgan fingerprint density at radius 2 is 2.03 bits per heavy atom. The largest absolute Gasteiger partial charge is 0.319 e. The van der Waals surface area contributed by atoms with E-state index >= 15 is 0 Å². The van der Waals surface area contributed by atoms with E-state index in [1.54, 1.807) is 30.4 Å². The van der Waals surface area contributed by atoms with E-state index < -0.39 is 4.92 Å². The van der Waals surface area contributed by atoms with Gasteiger partial charge in [-0.2, -0.15) is 0 Å². The number of aromatic nitrogens is 2. The summed E-state index contributed by atoms with van der Waals surface area (Å²) in [6.45, 7) is 1.72. The van der Waals surface area contributed by atoms with E-state index in [0.29, 0.717) is 10.7 Å². The summed E-state index contributed by atoms with van der Waals surface area (Å²) in [7, 11) is 0. The van der Waals surface area contributed by atoms with Crippen molar-refractivity contribution in [2.75, 3.05) is 11.1 Å². The zero-order valence-corrected chi connectivity index (χ0v) is 20.6. The number of rotatable bonds is 6. The fourth-order valence-corrected chi connectivity index (χ4v) is 7.23. The molecule has 1 aromatic carbocycles. The van der Waals surface area contributed by atoms with Gasteiger partial charge in [0.15, 0.2) is 5.16 Å². The van der Waals surface area contributed by atoms with Crippen LogP contribution in [-0.4, -0.2) is 26.1 Å². The predicted octanol–water partition coefficient (Wildman–Crippen LogP) is 5.40. The van der Waals surface area contributed by atoms with Gasteiger partial charge in [0, 0.05) is 17.0 Å². The molecular formula is C24H26N4O4S2. The van der Waals surface area contributed by atoms with Crippen LogP contribution >= 0.6 is 23.1 Å². The summed E-state index contributed by atoms with van der Waals surface area (Å²) in [4.78, 5) is 44.3. The van der Waals surface area contributed by atoms with E-state index in [4.69, 9.17) is 4.98 Å². The molecule has 2 aliphatic carbocycles. The quantitative estimate of drug-likeness (QED) is 0.211. The van der Waals surface area contributed by atoms with Gasteiger partial charge in [0.05, 0.1) is 16.1 Å². The normalized spacial score (nSPS) is 16.0. The number of thiophene rings is 1. The van der Waals surface area contributed by atoms with Gasteiger partial charge < -0.3 is 5.32 Å². The Labute approximate surface area is 204 Å². The van der Waals surface area contributed by atoms with Crippen LogP contribution < -0.4 is 10.9 Å². The van der Waals surface area contributed by atoms with Gasteiger partial charge in [-0.1, -0.05) is 36.7 Å². The monoisotopic (exact) mass is 498 g/mol. The molecule has 8 nitrogen and oxygen atoms in total. The average molecular weight is 499 g/mol. The van der Waals surface area contributed by atoms with Gasteiger partial charge in [0.25, 0.3) is 11.2 Å². The van der Waals surface area contributed by atoms with Gasteiger partial charge in [0.2, 0.25) is 5.91 Å². The van der Waals surface area contributed by atoms with Crippen LogP contribution in [0.4, 0.5) is 11.4 Å². The van der Waals surface area contributed by atoms with E-state index in [-0.39, 0.29) is 34.6 Å². The zero-order chi connectivity index (χ0) is 23.8. The molecule has 3 aromatic rings. The van der Waals surface area contributed by atoms with Crippen LogP contribution in [0.3, 0.4) is 0 Å². The molecule has 0 atom stereocenters. The number of carbonyl (C=O) groups excluding carboxylic acids is 1. The highest BCUT2D eigenvalue weighted by Gasteiger charge is 2.27. The second-order valence-corrected chi connectivity index (χ2v) is 11.0. The SMILES string of the molecule is Cc1cccc([N+](=O)[O-])c1NC(=O)CSc1nc2sc3c(c2c(=O)n1C1CCCC1)CCCC3. The second kappa shape index (κ2) is 9.50. The topological polar surface area (TPSA) is 107 Å². The third-order valence-corrected chi connectivity index (χ3v) is 8.86.